The maximum absolute atomic E-state index is 6.21. The number of benzene rings is 1. The molecule has 2 aromatic rings. The van der Waals surface area contributed by atoms with E-state index >= 15 is 0 Å². The second kappa shape index (κ2) is 6.40. The predicted octanol–water partition coefficient (Wildman–Crippen LogP) is 5.32. The molecule has 0 spiro atoms. The smallest absolute Gasteiger partial charge is 0.0465 e. The lowest BCUT2D eigenvalue weighted by Gasteiger charge is -2.16. The normalized spacial score (nSPS) is 12.7. The maximum atomic E-state index is 6.21. The van der Waals surface area contributed by atoms with E-state index in [9.17, 15) is 0 Å². The van der Waals surface area contributed by atoms with Crippen molar-refractivity contribution in [3.8, 4) is 0 Å². The molecule has 0 fully saturated rings. The van der Waals surface area contributed by atoms with Gasteiger partial charge in [0.15, 0.2) is 0 Å². The molecule has 0 radical (unpaired) electrons. The van der Waals surface area contributed by atoms with Crippen molar-refractivity contribution in [1.29, 1.82) is 0 Å². The van der Waals surface area contributed by atoms with Gasteiger partial charge in [-0.05, 0) is 58.5 Å². The van der Waals surface area contributed by atoms with E-state index in [2.05, 4.69) is 32.7 Å². The first-order chi connectivity index (χ1) is 8.61. The Bertz CT molecular complexity index is 542. The van der Waals surface area contributed by atoms with Gasteiger partial charge in [0.1, 0.15) is 0 Å². The molecule has 1 unspecified atom stereocenters. The minimum atomic E-state index is 0.248. The van der Waals surface area contributed by atoms with Crippen LogP contribution in [0.3, 0.4) is 0 Å². The van der Waals surface area contributed by atoms with Crippen molar-refractivity contribution in [2.75, 3.05) is 7.05 Å². The van der Waals surface area contributed by atoms with Crippen LogP contribution in [-0.2, 0) is 6.42 Å². The second-order valence-electron chi connectivity index (χ2n) is 3.91. The fraction of sp³-hybridized carbons (Fsp3) is 0.231. The number of rotatable bonds is 4. The first kappa shape index (κ1) is 14.4. The number of halogens is 3. The van der Waals surface area contributed by atoms with Crippen molar-refractivity contribution in [3.63, 3.8) is 0 Å². The van der Waals surface area contributed by atoms with Gasteiger partial charge in [-0.1, -0.05) is 29.3 Å². The van der Waals surface area contributed by atoms with E-state index in [1.165, 1.54) is 4.88 Å². The van der Waals surface area contributed by atoms with Gasteiger partial charge in [-0.15, -0.1) is 11.3 Å². The third-order valence-electron chi connectivity index (χ3n) is 2.75. The van der Waals surface area contributed by atoms with Gasteiger partial charge in [0.2, 0.25) is 0 Å². The fourth-order valence-corrected chi connectivity index (χ4v) is 4.03. The predicted molar refractivity (Wildman–Crippen MR) is 84.0 cm³/mol. The van der Waals surface area contributed by atoms with Crippen molar-refractivity contribution >= 4 is 50.5 Å². The highest BCUT2D eigenvalue weighted by Gasteiger charge is 2.16. The highest BCUT2D eigenvalue weighted by atomic mass is 79.9. The molecule has 0 aliphatic rings. The number of hydrogen-bond donors (Lipinski definition) is 1. The van der Waals surface area contributed by atoms with Gasteiger partial charge in [-0.2, -0.15) is 0 Å². The van der Waals surface area contributed by atoms with E-state index in [1.807, 2.05) is 19.2 Å². The third kappa shape index (κ3) is 3.28. The standard InChI is InChI=1S/C13H12BrCl2NS/c1-17-12(13-10(14)4-5-18-13)6-8-2-3-9(15)7-11(8)16/h2-5,7,12,17H,6H2,1H3. The van der Waals surface area contributed by atoms with Crippen LogP contribution >= 0.6 is 50.5 Å². The lowest BCUT2D eigenvalue weighted by atomic mass is 10.0. The minimum absolute atomic E-state index is 0.248. The molecule has 0 amide bonds. The Balaban J connectivity index is 2.23. The number of hydrogen-bond acceptors (Lipinski definition) is 2. The molecule has 0 saturated heterocycles. The van der Waals surface area contributed by atoms with Gasteiger partial charge in [-0.25, -0.2) is 0 Å². The molecule has 18 heavy (non-hydrogen) atoms. The lowest BCUT2D eigenvalue weighted by molar-refractivity contribution is 0.600. The Labute approximate surface area is 129 Å². The molecule has 5 heteroatoms. The molecule has 96 valence electrons. The Morgan fingerprint density at radius 1 is 1.33 bits per heavy atom. The van der Waals surface area contributed by atoms with Crippen LogP contribution in [0.1, 0.15) is 16.5 Å². The Morgan fingerprint density at radius 2 is 2.11 bits per heavy atom. The average molecular weight is 365 g/mol. The van der Waals surface area contributed by atoms with E-state index in [4.69, 9.17) is 23.2 Å². The molecule has 1 atom stereocenters. The summed E-state index contributed by atoms with van der Waals surface area (Å²) in [5.41, 5.74) is 1.10. The van der Waals surface area contributed by atoms with Crippen molar-refractivity contribution in [2.24, 2.45) is 0 Å². The van der Waals surface area contributed by atoms with Crippen molar-refractivity contribution in [1.82, 2.24) is 5.32 Å². The first-order valence-corrected chi connectivity index (χ1v) is 7.88. The molecule has 2 rings (SSSR count). The van der Waals surface area contributed by atoms with Crippen LogP contribution in [0.4, 0.5) is 0 Å². The summed E-state index contributed by atoms with van der Waals surface area (Å²) in [6.45, 7) is 0. The molecule has 0 saturated carbocycles. The van der Waals surface area contributed by atoms with Crippen LogP contribution in [-0.4, -0.2) is 7.05 Å². The SMILES string of the molecule is CNC(Cc1ccc(Cl)cc1Cl)c1sccc1Br. The lowest BCUT2D eigenvalue weighted by Crippen LogP contribution is -2.18. The van der Waals surface area contributed by atoms with E-state index in [0.717, 1.165) is 21.5 Å². The Hall–Kier alpha value is -0.0600. The van der Waals surface area contributed by atoms with E-state index < -0.39 is 0 Å². The second-order valence-corrected chi connectivity index (χ2v) is 6.56. The van der Waals surface area contributed by atoms with E-state index in [1.54, 1.807) is 17.4 Å². The quantitative estimate of drug-likeness (QED) is 0.773. The molecule has 0 bridgehead atoms. The Kier molecular flexibility index (Phi) is 5.10. The molecule has 1 heterocycles. The molecule has 1 aromatic carbocycles. The van der Waals surface area contributed by atoms with Crippen LogP contribution in [0.15, 0.2) is 34.1 Å². The topological polar surface area (TPSA) is 12.0 Å². The third-order valence-corrected chi connectivity index (χ3v) is 5.32. The zero-order chi connectivity index (χ0) is 13.1. The van der Waals surface area contributed by atoms with Crippen LogP contribution in [0.2, 0.25) is 10.0 Å². The van der Waals surface area contributed by atoms with Gasteiger partial charge < -0.3 is 5.32 Å². The summed E-state index contributed by atoms with van der Waals surface area (Å²) in [6.07, 6.45) is 0.839. The van der Waals surface area contributed by atoms with Crippen LogP contribution in [0.5, 0.6) is 0 Å². The number of likely N-dealkylation sites (N-methyl/N-ethyl adjacent to an activating group) is 1. The van der Waals surface area contributed by atoms with Crippen LogP contribution in [0, 0.1) is 0 Å². The van der Waals surface area contributed by atoms with Crippen molar-refractivity contribution in [2.45, 2.75) is 12.5 Å². The summed E-state index contributed by atoms with van der Waals surface area (Å²) in [4.78, 5) is 1.28. The largest absolute Gasteiger partial charge is 0.312 e. The zero-order valence-electron chi connectivity index (χ0n) is 9.71. The van der Waals surface area contributed by atoms with Gasteiger partial charge in [0.05, 0.1) is 0 Å². The molecule has 0 aliphatic carbocycles. The highest BCUT2D eigenvalue weighted by Crippen LogP contribution is 2.32. The summed E-state index contributed by atoms with van der Waals surface area (Å²) in [7, 11) is 1.96. The molecular weight excluding hydrogens is 353 g/mol. The van der Waals surface area contributed by atoms with Crippen molar-refractivity contribution < 1.29 is 0 Å². The number of nitrogens with one attached hydrogen (secondary N) is 1. The highest BCUT2D eigenvalue weighted by molar-refractivity contribution is 9.10. The zero-order valence-corrected chi connectivity index (χ0v) is 13.6. The van der Waals surface area contributed by atoms with Gasteiger partial charge in [0.25, 0.3) is 0 Å². The minimum Gasteiger partial charge on any atom is -0.312 e. The van der Waals surface area contributed by atoms with Crippen molar-refractivity contribution in [3.05, 3.63) is 54.6 Å². The van der Waals surface area contributed by atoms with Crippen LogP contribution < -0.4 is 5.32 Å². The molecule has 1 aromatic heterocycles. The summed E-state index contributed by atoms with van der Waals surface area (Å²) in [5.74, 6) is 0. The molecule has 0 aliphatic heterocycles. The van der Waals surface area contributed by atoms with Crippen LogP contribution in [0.25, 0.3) is 0 Å². The van der Waals surface area contributed by atoms with E-state index in [0.29, 0.717) is 5.02 Å². The summed E-state index contributed by atoms with van der Waals surface area (Å²) < 4.78 is 1.14. The monoisotopic (exact) mass is 363 g/mol. The maximum Gasteiger partial charge on any atom is 0.0465 e. The molecular formula is C13H12BrCl2NS. The Morgan fingerprint density at radius 3 is 2.67 bits per heavy atom. The van der Waals surface area contributed by atoms with Gasteiger partial charge in [0, 0.05) is 25.4 Å². The summed E-state index contributed by atoms with van der Waals surface area (Å²) in [6, 6.07) is 7.95. The fourth-order valence-electron chi connectivity index (χ4n) is 1.79. The summed E-state index contributed by atoms with van der Waals surface area (Å²) in [5, 5.41) is 6.79. The molecule has 1 nitrogen and oxygen atoms in total. The molecule has 1 N–H and O–H groups in total. The summed E-state index contributed by atoms with van der Waals surface area (Å²) >= 11 is 17.4. The van der Waals surface area contributed by atoms with E-state index in [-0.39, 0.29) is 6.04 Å². The first-order valence-electron chi connectivity index (χ1n) is 5.46. The average Bonchev–Trinajstić information content (AvgIpc) is 2.75. The van der Waals surface area contributed by atoms with Gasteiger partial charge in [-0.3, -0.25) is 0 Å². The van der Waals surface area contributed by atoms with Gasteiger partial charge >= 0.3 is 0 Å². The number of thiophene rings is 1.